The zero-order valence-corrected chi connectivity index (χ0v) is 21.7. The van der Waals surface area contributed by atoms with Crippen molar-refractivity contribution in [2.75, 3.05) is 13.2 Å². The first-order chi connectivity index (χ1) is 17.5. The van der Waals surface area contributed by atoms with E-state index in [2.05, 4.69) is 21.1 Å². The molecule has 4 N–H and O–H groups in total. The molecule has 1 saturated heterocycles. The molecule has 11 heteroatoms. The maximum absolute atomic E-state index is 13.4. The lowest BCUT2D eigenvalue weighted by Crippen LogP contribution is -2.58. The fraction of sp³-hybridized carbons (Fsp3) is 0.577. The summed E-state index contributed by atoms with van der Waals surface area (Å²) in [7, 11) is 0. The van der Waals surface area contributed by atoms with Crippen LogP contribution >= 0.6 is 0 Å². The number of benzene rings is 1. The molecule has 0 bridgehead atoms. The van der Waals surface area contributed by atoms with Gasteiger partial charge in [0.25, 0.3) is 5.91 Å². The molecule has 2 heterocycles. The average Bonchev–Trinajstić information content (AvgIpc) is 3.46. The van der Waals surface area contributed by atoms with Gasteiger partial charge in [0.1, 0.15) is 29.5 Å². The molecule has 0 aromatic heterocycles. The minimum Gasteiger partial charge on any atom is -0.394 e. The van der Waals surface area contributed by atoms with Crippen LogP contribution in [0.25, 0.3) is 0 Å². The van der Waals surface area contributed by atoms with Crippen LogP contribution in [0.2, 0.25) is 0 Å². The molecule has 11 nitrogen and oxygen atoms in total. The Bertz CT molecular complexity index is 1020. The third kappa shape index (κ3) is 7.83. The Morgan fingerprint density at radius 3 is 2.22 bits per heavy atom. The van der Waals surface area contributed by atoms with Crippen LogP contribution < -0.4 is 16.0 Å². The molecule has 1 aromatic carbocycles. The Balaban J connectivity index is 1.73. The second kappa shape index (κ2) is 12.3. The number of carbonyl (C=O) groups excluding carboxylic acids is 4. The molecule has 2 aliphatic heterocycles. The summed E-state index contributed by atoms with van der Waals surface area (Å²) >= 11 is 0. The van der Waals surface area contributed by atoms with Gasteiger partial charge in [-0.05, 0) is 31.7 Å². The molecule has 5 atom stereocenters. The van der Waals surface area contributed by atoms with Gasteiger partial charge in [0, 0.05) is 12.8 Å². The second-order valence-electron chi connectivity index (χ2n) is 10.2. The van der Waals surface area contributed by atoms with Crippen LogP contribution in [0, 0.1) is 5.92 Å². The van der Waals surface area contributed by atoms with Gasteiger partial charge in [0.05, 0.1) is 19.3 Å². The number of carbonyl (C=O) groups is 4. The summed E-state index contributed by atoms with van der Waals surface area (Å²) in [5.74, 6) is -2.02. The number of aliphatic hydroxyl groups is 1. The van der Waals surface area contributed by atoms with Gasteiger partial charge in [-0.15, -0.1) is 0 Å². The van der Waals surface area contributed by atoms with Crippen LogP contribution in [0.5, 0.6) is 0 Å². The zero-order valence-electron chi connectivity index (χ0n) is 21.7. The molecule has 1 fully saturated rings. The zero-order chi connectivity index (χ0) is 27.2. The number of oxime groups is 1. The maximum atomic E-state index is 13.4. The molecular formula is C26H36N4O7. The number of epoxide rings is 1. The number of nitrogens with one attached hydrogen (secondary N) is 3. The standard InChI is InChI=1S/C26H36N4O7/c1-15(2)10-18(22(32)26(4)14-36-26)27-23(33)19(12-17-8-6-5-7-9-17)28-25(35)21(13-31)29-24(34)20-11-16(3)37-30-20/h5-9,15-16,18-19,21,31H,10-14H2,1-4H3,(H,27,33)(H,28,35)(H,29,34)/t16?,18-,19-,21-,26+/m0/s1. The van der Waals surface area contributed by atoms with E-state index in [0.717, 1.165) is 5.56 Å². The molecule has 0 aliphatic carbocycles. The first-order valence-corrected chi connectivity index (χ1v) is 12.5. The predicted octanol–water partition coefficient (Wildman–Crippen LogP) is 0.245. The van der Waals surface area contributed by atoms with Crippen LogP contribution in [-0.2, 0) is 35.2 Å². The number of hydrogen-bond donors (Lipinski definition) is 4. The largest absolute Gasteiger partial charge is 0.394 e. The van der Waals surface area contributed by atoms with E-state index in [4.69, 9.17) is 9.57 Å². The summed E-state index contributed by atoms with van der Waals surface area (Å²) < 4.78 is 5.30. The summed E-state index contributed by atoms with van der Waals surface area (Å²) in [4.78, 5) is 56.9. The molecule has 3 rings (SSSR count). The lowest BCUT2D eigenvalue weighted by Gasteiger charge is -2.26. The van der Waals surface area contributed by atoms with Crippen LogP contribution in [0.4, 0.5) is 0 Å². The van der Waals surface area contributed by atoms with E-state index in [1.165, 1.54) is 0 Å². The van der Waals surface area contributed by atoms with Gasteiger partial charge in [-0.3, -0.25) is 19.2 Å². The monoisotopic (exact) mass is 516 g/mol. The highest BCUT2D eigenvalue weighted by Gasteiger charge is 2.50. The molecule has 3 amide bonds. The van der Waals surface area contributed by atoms with Crippen molar-refractivity contribution in [2.45, 2.75) is 76.8 Å². The van der Waals surface area contributed by atoms with Crippen molar-refractivity contribution >= 4 is 29.2 Å². The molecule has 0 saturated carbocycles. The number of ether oxygens (including phenoxy) is 1. The van der Waals surface area contributed by atoms with Crippen molar-refractivity contribution in [3.05, 3.63) is 35.9 Å². The number of ketones is 1. The number of hydrogen-bond acceptors (Lipinski definition) is 8. The molecule has 1 aromatic rings. The van der Waals surface area contributed by atoms with Gasteiger partial charge in [0.2, 0.25) is 11.8 Å². The summed E-state index contributed by atoms with van der Waals surface area (Å²) in [6, 6.07) is 5.91. The molecule has 37 heavy (non-hydrogen) atoms. The minimum atomic E-state index is -1.32. The predicted molar refractivity (Wildman–Crippen MR) is 134 cm³/mol. The highest BCUT2D eigenvalue weighted by Crippen LogP contribution is 2.29. The number of nitrogens with zero attached hydrogens (tertiary/aromatic N) is 1. The highest BCUT2D eigenvalue weighted by molar-refractivity contribution is 6.39. The van der Waals surface area contributed by atoms with Gasteiger partial charge in [-0.25, -0.2) is 0 Å². The number of Topliss-reactive ketones (excluding diaryl/α,β-unsaturated/α-hetero) is 1. The summed E-state index contributed by atoms with van der Waals surface area (Å²) in [5.41, 5.74) is -0.0204. The number of amides is 3. The average molecular weight is 517 g/mol. The minimum absolute atomic E-state index is 0.114. The Labute approximate surface area is 216 Å². The first-order valence-electron chi connectivity index (χ1n) is 12.5. The number of aliphatic hydroxyl groups excluding tert-OH is 1. The summed E-state index contributed by atoms with van der Waals surface area (Å²) in [6.07, 6.45) is 0.566. The smallest absolute Gasteiger partial charge is 0.269 e. The molecule has 202 valence electrons. The molecule has 1 unspecified atom stereocenters. The lowest BCUT2D eigenvalue weighted by atomic mass is 9.93. The van der Waals surface area contributed by atoms with Gasteiger partial charge in [-0.1, -0.05) is 49.3 Å². The van der Waals surface area contributed by atoms with Crippen molar-refractivity contribution in [3.8, 4) is 0 Å². The fourth-order valence-electron chi connectivity index (χ4n) is 4.00. The van der Waals surface area contributed by atoms with E-state index < -0.39 is 48.1 Å². The SMILES string of the molecule is CC(C)C[C@H](NC(=O)[C@H](Cc1ccccc1)NC(=O)[C@H](CO)NC(=O)C1=NOC(C)C1)C(=O)[C@@]1(C)CO1. The van der Waals surface area contributed by atoms with E-state index in [9.17, 15) is 24.3 Å². The number of rotatable bonds is 13. The van der Waals surface area contributed by atoms with Crippen LogP contribution in [0.15, 0.2) is 35.5 Å². The molecule has 0 spiro atoms. The lowest BCUT2D eigenvalue weighted by molar-refractivity contribution is -0.134. The third-order valence-electron chi connectivity index (χ3n) is 6.24. The van der Waals surface area contributed by atoms with Gasteiger partial charge in [-0.2, -0.15) is 0 Å². The van der Waals surface area contributed by atoms with E-state index in [0.29, 0.717) is 13.0 Å². The maximum Gasteiger partial charge on any atom is 0.269 e. The summed E-state index contributed by atoms with van der Waals surface area (Å²) in [6.45, 7) is 6.94. The second-order valence-corrected chi connectivity index (χ2v) is 10.2. The topological polar surface area (TPSA) is 159 Å². The Kier molecular flexibility index (Phi) is 9.39. The highest BCUT2D eigenvalue weighted by atomic mass is 16.6. The van der Waals surface area contributed by atoms with Crippen LogP contribution in [0.3, 0.4) is 0 Å². The first kappa shape index (κ1) is 28.3. The van der Waals surface area contributed by atoms with Gasteiger partial charge < -0.3 is 30.6 Å². The quantitative estimate of drug-likeness (QED) is 0.273. The molecular weight excluding hydrogens is 480 g/mol. The third-order valence-corrected chi connectivity index (χ3v) is 6.24. The van der Waals surface area contributed by atoms with E-state index in [-0.39, 0.29) is 36.4 Å². The Morgan fingerprint density at radius 1 is 1.05 bits per heavy atom. The van der Waals surface area contributed by atoms with Gasteiger partial charge >= 0.3 is 0 Å². The van der Waals surface area contributed by atoms with E-state index in [1.807, 2.05) is 44.2 Å². The Morgan fingerprint density at radius 2 is 1.68 bits per heavy atom. The van der Waals surface area contributed by atoms with Crippen LogP contribution in [0.1, 0.15) is 46.1 Å². The molecule has 2 aliphatic rings. The van der Waals surface area contributed by atoms with Gasteiger partial charge in [0.15, 0.2) is 5.78 Å². The van der Waals surface area contributed by atoms with Crippen molar-refractivity contribution in [3.63, 3.8) is 0 Å². The van der Waals surface area contributed by atoms with Crippen molar-refractivity contribution in [2.24, 2.45) is 11.1 Å². The van der Waals surface area contributed by atoms with Crippen molar-refractivity contribution < 1.29 is 33.9 Å². The van der Waals surface area contributed by atoms with E-state index >= 15 is 0 Å². The Hall–Kier alpha value is -3.31. The summed E-state index contributed by atoms with van der Waals surface area (Å²) in [5, 5.41) is 21.3. The van der Waals surface area contributed by atoms with Crippen molar-refractivity contribution in [1.82, 2.24) is 16.0 Å². The van der Waals surface area contributed by atoms with E-state index in [1.54, 1.807) is 13.8 Å². The fourth-order valence-corrected chi connectivity index (χ4v) is 4.00. The van der Waals surface area contributed by atoms with Crippen molar-refractivity contribution in [1.29, 1.82) is 0 Å². The molecule has 0 radical (unpaired) electrons. The normalized spacial score (nSPS) is 22.8. The van der Waals surface area contributed by atoms with Crippen LogP contribution in [-0.4, -0.2) is 77.4 Å².